The molecule has 23 heavy (non-hydrogen) atoms. The highest BCUT2D eigenvalue weighted by Crippen LogP contribution is 2.26. The number of nitrogens with zero attached hydrogens (tertiary/aromatic N) is 1. The van der Waals surface area contributed by atoms with Crippen LogP contribution in [0.4, 0.5) is 0 Å². The van der Waals surface area contributed by atoms with E-state index in [4.69, 9.17) is 10.5 Å². The second-order valence-corrected chi connectivity index (χ2v) is 7.71. The number of hydrogen-bond acceptors (Lipinski definition) is 3. The summed E-state index contributed by atoms with van der Waals surface area (Å²) in [7, 11) is 0. The first kappa shape index (κ1) is 17.8. The van der Waals surface area contributed by atoms with Gasteiger partial charge >= 0.3 is 0 Å². The van der Waals surface area contributed by atoms with Gasteiger partial charge in [-0.1, -0.05) is 32.9 Å². The van der Waals surface area contributed by atoms with E-state index < -0.39 is 6.10 Å². The predicted molar refractivity (Wildman–Crippen MR) is 93.6 cm³/mol. The van der Waals surface area contributed by atoms with E-state index in [0.29, 0.717) is 12.5 Å². The van der Waals surface area contributed by atoms with E-state index in [0.717, 1.165) is 18.7 Å². The molecule has 0 aromatic heterocycles. The van der Waals surface area contributed by atoms with Crippen molar-refractivity contribution in [3.63, 3.8) is 0 Å². The van der Waals surface area contributed by atoms with Crippen LogP contribution in [-0.4, -0.2) is 36.0 Å². The largest absolute Gasteiger partial charge is 0.481 e. The second kappa shape index (κ2) is 6.91. The van der Waals surface area contributed by atoms with Crippen molar-refractivity contribution < 1.29 is 9.53 Å². The van der Waals surface area contributed by atoms with Crippen molar-refractivity contribution in [1.29, 1.82) is 0 Å². The first-order valence-electron chi connectivity index (χ1n) is 8.50. The summed E-state index contributed by atoms with van der Waals surface area (Å²) in [5.41, 5.74) is 7.10. The van der Waals surface area contributed by atoms with Gasteiger partial charge in [-0.25, -0.2) is 0 Å². The molecule has 4 heteroatoms. The van der Waals surface area contributed by atoms with Crippen LogP contribution in [0.1, 0.15) is 46.6 Å². The third-order valence-electron chi connectivity index (χ3n) is 4.66. The minimum absolute atomic E-state index is 0.0494. The highest BCUT2D eigenvalue weighted by molar-refractivity contribution is 5.81. The average molecular weight is 318 g/mol. The summed E-state index contributed by atoms with van der Waals surface area (Å²) in [5, 5.41) is 0. The van der Waals surface area contributed by atoms with E-state index >= 15 is 0 Å². The van der Waals surface area contributed by atoms with Gasteiger partial charge in [0.25, 0.3) is 5.91 Å². The van der Waals surface area contributed by atoms with Crippen LogP contribution in [0.5, 0.6) is 5.75 Å². The van der Waals surface area contributed by atoms with Crippen LogP contribution >= 0.6 is 0 Å². The number of ether oxygens (including phenoxy) is 1. The van der Waals surface area contributed by atoms with E-state index in [9.17, 15) is 4.79 Å². The molecule has 1 aliphatic rings. The lowest BCUT2D eigenvalue weighted by Gasteiger charge is -2.26. The van der Waals surface area contributed by atoms with Gasteiger partial charge in [0.2, 0.25) is 0 Å². The Morgan fingerprint density at radius 1 is 1.35 bits per heavy atom. The van der Waals surface area contributed by atoms with Crippen molar-refractivity contribution in [1.82, 2.24) is 4.90 Å². The molecular weight excluding hydrogens is 288 g/mol. The molecule has 1 fully saturated rings. The predicted octanol–water partition coefficient (Wildman–Crippen LogP) is 2.95. The van der Waals surface area contributed by atoms with Crippen LogP contribution in [0, 0.1) is 5.92 Å². The average Bonchev–Trinajstić information content (AvgIpc) is 2.87. The Hall–Kier alpha value is -1.55. The van der Waals surface area contributed by atoms with Crippen molar-refractivity contribution in [3.05, 3.63) is 29.8 Å². The second-order valence-electron chi connectivity index (χ2n) is 7.71. The molecule has 3 atom stereocenters. The van der Waals surface area contributed by atoms with Crippen LogP contribution in [-0.2, 0) is 10.2 Å². The summed E-state index contributed by atoms with van der Waals surface area (Å²) in [6, 6.07) is 8.26. The normalized spacial score (nSPS) is 23.0. The quantitative estimate of drug-likeness (QED) is 0.928. The lowest BCUT2D eigenvalue weighted by Crippen LogP contribution is -2.42. The van der Waals surface area contributed by atoms with E-state index in [1.54, 1.807) is 0 Å². The fourth-order valence-electron chi connectivity index (χ4n) is 3.14. The number of hydrogen-bond donors (Lipinski definition) is 1. The molecule has 1 heterocycles. The molecule has 2 rings (SSSR count). The van der Waals surface area contributed by atoms with Crippen molar-refractivity contribution >= 4 is 5.91 Å². The third-order valence-corrected chi connectivity index (χ3v) is 4.66. The van der Waals surface area contributed by atoms with Gasteiger partial charge in [0, 0.05) is 12.6 Å². The molecule has 1 aliphatic heterocycles. The maximum Gasteiger partial charge on any atom is 0.263 e. The van der Waals surface area contributed by atoms with E-state index in [1.807, 2.05) is 24.0 Å². The van der Waals surface area contributed by atoms with Crippen LogP contribution in [0.15, 0.2) is 24.3 Å². The molecule has 0 radical (unpaired) electrons. The Bertz CT molecular complexity index is 533. The SMILES string of the molecule is CC(Oc1ccc(C(C)(C)C)cc1)C(=O)N1CC(CN)CC1C. The fourth-order valence-corrected chi connectivity index (χ4v) is 3.14. The molecule has 128 valence electrons. The van der Waals surface area contributed by atoms with E-state index in [2.05, 4.69) is 39.8 Å². The zero-order valence-corrected chi connectivity index (χ0v) is 15.0. The monoisotopic (exact) mass is 318 g/mol. The number of likely N-dealkylation sites (tertiary alicyclic amines) is 1. The number of amides is 1. The number of carbonyl (C=O) groups is 1. The number of carbonyl (C=O) groups excluding carboxylic acids is 1. The summed E-state index contributed by atoms with van der Waals surface area (Å²) in [6.07, 6.45) is 0.504. The topological polar surface area (TPSA) is 55.6 Å². The number of rotatable bonds is 4. The van der Waals surface area contributed by atoms with Gasteiger partial charge in [-0.3, -0.25) is 4.79 Å². The summed E-state index contributed by atoms with van der Waals surface area (Å²) < 4.78 is 5.85. The Morgan fingerprint density at radius 2 is 1.96 bits per heavy atom. The molecule has 2 N–H and O–H groups in total. The van der Waals surface area contributed by atoms with Gasteiger partial charge in [0.1, 0.15) is 5.75 Å². The smallest absolute Gasteiger partial charge is 0.263 e. The van der Waals surface area contributed by atoms with Crippen LogP contribution in [0.25, 0.3) is 0 Å². The third kappa shape index (κ3) is 4.25. The highest BCUT2D eigenvalue weighted by Gasteiger charge is 2.34. The lowest BCUT2D eigenvalue weighted by molar-refractivity contribution is -0.138. The van der Waals surface area contributed by atoms with Gasteiger partial charge in [0.15, 0.2) is 6.10 Å². The molecule has 0 spiro atoms. The van der Waals surface area contributed by atoms with Gasteiger partial charge in [-0.15, -0.1) is 0 Å². The summed E-state index contributed by atoms with van der Waals surface area (Å²) in [5.74, 6) is 1.20. The Morgan fingerprint density at radius 3 is 2.43 bits per heavy atom. The molecule has 1 saturated heterocycles. The maximum absolute atomic E-state index is 12.6. The molecule has 3 unspecified atom stereocenters. The lowest BCUT2D eigenvalue weighted by atomic mass is 9.87. The maximum atomic E-state index is 12.6. The van der Waals surface area contributed by atoms with Crippen molar-refractivity contribution in [3.8, 4) is 5.75 Å². The first-order chi connectivity index (χ1) is 10.7. The molecule has 0 aliphatic carbocycles. The van der Waals surface area contributed by atoms with Gasteiger partial charge < -0.3 is 15.4 Å². The molecule has 1 aromatic rings. The minimum atomic E-state index is -0.477. The molecule has 0 bridgehead atoms. The Kier molecular flexibility index (Phi) is 5.35. The molecule has 1 amide bonds. The molecule has 0 saturated carbocycles. The number of benzene rings is 1. The molecule has 1 aromatic carbocycles. The summed E-state index contributed by atoms with van der Waals surface area (Å²) in [6.45, 7) is 11.8. The Balaban J connectivity index is 1.98. The first-order valence-corrected chi connectivity index (χ1v) is 8.50. The van der Waals surface area contributed by atoms with E-state index in [1.165, 1.54) is 5.56 Å². The zero-order valence-electron chi connectivity index (χ0n) is 15.0. The van der Waals surface area contributed by atoms with Gasteiger partial charge in [-0.2, -0.15) is 0 Å². The van der Waals surface area contributed by atoms with Gasteiger partial charge in [-0.05, 0) is 55.8 Å². The van der Waals surface area contributed by atoms with Crippen molar-refractivity contribution in [2.45, 2.75) is 58.6 Å². The summed E-state index contributed by atoms with van der Waals surface area (Å²) in [4.78, 5) is 14.5. The fraction of sp³-hybridized carbons (Fsp3) is 0.632. The molecule has 4 nitrogen and oxygen atoms in total. The van der Waals surface area contributed by atoms with E-state index in [-0.39, 0.29) is 17.4 Å². The van der Waals surface area contributed by atoms with Crippen LogP contribution in [0.3, 0.4) is 0 Å². The molecular formula is C19H30N2O2. The standard InChI is InChI=1S/C19H30N2O2/c1-13-10-15(11-20)12-21(13)18(22)14(2)23-17-8-6-16(7-9-17)19(3,4)5/h6-9,13-15H,10-12,20H2,1-5H3. The van der Waals surface area contributed by atoms with Crippen molar-refractivity contribution in [2.24, 2.45) is 11.7 Å². The minimum Gasteiger partial charge on any atom is -0.481 e. The Labute approximate surface area is 140 Å². The highest BCUT2D eigenvalue weighted by atomic mass is 16.5. The zero-order chi connectivity index (χ0) is 17.2. The van der Waals surface area contributed by atoms with Crippen LogP contribution < -0.4 is 10.5 Å². The number of nitrogens with two attached hydrogens (primary N) is 1. The van der Waals surface area contributed by atoms with Crippen molar-refractivity contribution in [2.75, 3.05) is 13.1 Å². The summed E-state index contributed by atoms with van der Waals surface area (Å²) >= 11 is 0. The van der Waals surface area contributed by atoms with Crippen LogP contribution in [0.2, 0.25) is 0 Å². The van der Waals surface area contributed by atoms with Gasteiger partial charge in [0.05, 0.1) is 0 Å².